The highest BCUT2D eigenvalue weighted by Crippen LogP contribution is 2.39. The van der Waals surface area contributed by atoms with Gasteiger partial charge in [0.25, 0.3) is 0 Å². The van der Waals surface area contributed by atoms with Crippen LogP contribution in [0.25, 0.3) is 0 Å². The quantitative estimate of drug-likeness (QED) is 0.470. The summed E-state index contributed by atoms with van der Waals surface area (Å²) in [5.41, 5.74) is 3.46. The van der Waals surface area contributed by atoms with Crippen LogP contribution in [0, 0.1) is 0 Å². The lowest BCUT2D eigenvalue weighted by Crippen LogP contribution is -2.31. The van der Waals surface area contributed by atoms with E-state index in [0.29, 0.717) is 29.4 Å². The normalized spacial score (nSPS) is 12.8. The molecule has 0 radical (unpaired) electrons. The Labute approximate surface area is 203 Å². The first kappa shape index (κ1) is 26.8. The van der Waals surface area contributed by atoms with Gasteiger partial charge in [0.15, 0.2) is 0 Å². The van der Waals surface area contributed by atoms with Gasteiger partial charge in [-0.05, 0) is 48.2 Å². The third kappa shape index (κ3) is 7.02. The Bertz CT molecular complexity index is 944. The lowest BCUT2D eigenvalue weighted by atomic mass is 9.79. The number of aromatic hydroxyl groups is 2. The molecule has 0 atom stereocenters. The lowest BCUT2D eigenvalue weighted by molar-refractivity contribution is 0.221. The van der Waals surface area contributed by atoms with Gasteiger partial charge in [0, 0.05) is 42.3 Å². The number of likely N-dealkylation sites (N-methyl/N-ethyl adjacent to an activating group) is 1. The maximum absolute atomic E-state index is 11.2. The number of rotatable bonds is 7. The molecule has 2 aromatic rings. The number of hydrogen-bond acceptors (Lipinski definition) is 4. The molecule has 0 saturated carbocycles. The highest BCUT2D eigenvalue weighted by atomic mass is 35.5. The van der Waals surface area contributed by atoms with Crippen LogP contribution < -0.4 is 0 Å². The zero-order chi connectivity index (χ0) is 24.4. The average Bonchev–Trinajstić information content (AvgIpc) is 2.63. The molecule has 32 heavy (non-hydrogen) atoms. The standard InChI is InChI=1S/C26H38Cl2N2O2/c1-25(2,3)19-11-17(23(31)21(13-19)26(4,5)6)15-30(10-9-29(7)8)16-18-12-20(27)14-22(28)24(18)32/h11-14,31-32H,9-10,15-16H2,1-8H3. The molecular formula is C26H38Cl2N2O2. The molecule has 2 N–H and O–H groups in total. The van der Waals surface area contributed by atoms with E-state index in [-0.39, 0.29) is 21.6 Å². The number of halogens is 2. The van der Waals surface area contributed by atoms with Crippen molar-refractivity contribution in [1.29, 1.82) is 0 Å². The van der Waals surface area contributed by atoms with E-state index < -0.39 is 0 Å². The van der Waals surface area contributed by atoms with E-state index in [1.54, 1.807) is 12.1 Å². The second-order valence-electron chi connectivity index (χ2n) is 10.9. The van der Waals surface area contributed by atoms with E-state index in [1.165, 1.54) is 5.56 Å². The van der Waals surface area contributed by atoms with Crippen molar-refractivity contribution in [3.05, 3.63) is 56.6 Å². The fourth-order valence-corrected chi connectivity index (χ4v) is 4.13. The second-order valence-corrected chi connectivity index (χ2v) is 11.8. The van der Waals surface area contributed by atoms with Crippen LogP contribution in [0.5, 0.6) is 11.5 Å². The summed E-state index contributed by atoms with van der Waals surface area (Å²) in [7, 11) is 4.06. The minimum atomic E-state index is -0.187. The first-order valence-electron chi connectivity index (χ1n) is 11.0. The smallest absolute Gasteiger partial charge is 0.138 e. The fraction of sp³-hybridized carbons (Fsp3) is 0.538. The van der Waals surface area contributed by atoms with E-state index in [9.17, 15) is 10.2 Å². The van der Waals surface area contributed by atoms with Crippen LogP contribution in [0.2, 0.25) is 10.0 Å². The van der Waals surface area contributed by atoms with E-state index >= 15 is 0 Å². The maximum Gasteiger partial charge on any atom is 0.138 e. The van der Waals surface area contributed by atoms with Gasteiger partial charge in [-0.3, -0.25) is 4.90 Å². The summed E-state index contributed by atoms with van der Waals surface area (Å²) in [6.07, 6.45) is 0. The first-order chi connectivity index (χ1) is 14.6. The van der Waals surface area contributed by atoms with Crippen LogP contribution in [-0.2, 0) is 23.9 Å². The molecule has 2 aromatic carbocycles. The van der Waals surface area contributed by atoms with Gasteiger partial charge in [-0.1, -0.05) is 76.9 Å². The Hall–Kier alpha value is -1.46. The van der Waals surface area contributed by atoms with Crippen molar-refractivity contribution in [2.75, 3.05) is 27.2 Å². The molecular weight excluding hydrogens is 443 g/mol. The molecule has 0 saturated heterocycles. The molecule has 4 nitrogen and oxygen atoms in total. The van der Waals surface area contributed by atoms with Gasteiger partial charge in [0.05, 0.1) is 5.02 Å². The molecule has 0 unspecified atom stereocenters. The highest BCUT2D eigenvalue weighted by Gasteiger charge is 2.26. The number of phenols is 2. The lowest BCUT2D eigenvalue weighted by Gasteiger charge is -2.30. The summed E-state index contributed by atoms with van der Waals surface area (Å²) >= 11 is 12.4. The van der Waals surface area contributed by atoms with Gasteiger partial charge >= 0.3 is 0 Å². The van der Waals surface area contributed by atoms with E-state index in [1.807, 2.05) is 14.1 Å². The molecule has 0 spiro atoms. The van der Waals surface area contributed by atoms with Gasteiger partial charge in [-0.2, -0.15) is 0 Å². The predicted octanol–water partition coefficient (Wildman–Crippen LogP) is 6.56. The Balaban J connectivity index is 2.51. The molecule has 0 amide bonds. The Morgan fingerprint density at radius 3 is 1.81 bits per heavy atom. The van der Waals surface area contributed by atoms with E-state index in [2.05, 4.69) is 63.5 Å². The molecule has 0 aliphatic heterocycles. The zero-order valence-electron chi connectivity index (χ0n) is 20.7. The molecule has 178 valence electrons. The largest absolute Gasteiger partial charge is 0.507 e. The Morgan fingerprint density at radius 2 is 1.31 bits per heavy atom. The first-order valence-corrected chi connectivity index (χ1v) is 11.8. The van der Waals surface area contributed by atoms with Crippen molar-refractivity contribution in [1.82, 2.24) is 9.80 Å². The van der Waals surface area contributed by atoms with Crippen molar-refractivity contribution in [2.45, 2.75) is 65.5 Å². The van der Waals surface area contributed by atoms with Crippen molar-refractivity contribution >= 4 is 23.2 Å². The van der Waals surface area contributed by atoms with Gasteiger partial charge in [0.1, 0.15) is 11.5 Å². The summed E-state index contributed by atoms with van der Waals surface area (Å²) in [6, 6.07) is 7.53. The van der Waals surface area contributed by atoms with Gasteiger partial charge in [-0.15, -0.1) is 0 Å². The highest BCUT2D eigenvalue weighted by molar-refractivity contribution is 6.35. The molecule has 6 heteroatoms. The number of hydrogen-bond donors (Lipinski definition) is 2. The topological polar surface area (TPSA) is 46.9 Å². The Morgan fingerprint density at radius 1 is 0.750 bits per heavy atom. The molecule has 0 fully saturated rings. The minimum absolute atomic E-state index is 0.0460. The van der Waals surface area contributed by atoms with Crippen LogP contribution >= 0.6 is 23.2 Å². The van der Waals surface area contributed by atoms with Crippen molar-refractivity contribution in [2.24, 2.45) is 0 Å². The number of benzene rings is 2. The predicted molar refractivity (Wildman–Crippen MR) is 136 cm³/mol. The van der Waals surface area contributed by atoms with Crippen LogP contribution in [0.3, 0.4) is 0 Å². The molecule has 0 aliphatic rings. The summed E-state index contributed by atoms with van der Waals surface area (Å²) in [5.74, 6) is 0.391. The SMILES string of the molecule is CN(C)CCN(Cc1cc(Cl)cc(Cl)c1O)Cc1cc(C(C)(C)C)cc(C(C)(C)C)c1O. The molecule has 0 bridgehead atoms. The summed E-state index contributed by atoms with van der Waals surface area (Å²) < 4.78 is 0. The van der Waals surface area contributed by atoms with Crippen molar-refractivity contribution < 1.29 is 10.2 Å². The number of nitrogens with zero attached hydrogens (tertiary/aromatic N) is 2. The van der Waals surface area contributed by atoms with E-state index in [4.69, 9.17) is 23.2 Å². The Kier molecular flexibility index (Phi) is 8.55. The minimum Gasteiger partial charge on any atom is -0.507 e. The molecule has 0 aromatic heterocycles. The van der Waals surface area contributed by atoms with Gasteiger partial charge in [0.2, 0.25) is 0 Å². The van der Waals surface area contributed by atoms with Crippen LogP contribution in [0.1, 0.15) is 63.8 Å². The summed E-state index contributed by atoms with van der Waals surface area (Å²) in [6.45, 7) is 15.5. The fourth-order valence-electron chi connectivity index (χ4n) is 3.60. The summed E-state index contributed by atoms with van der Waals surface area (Å²) in [5, 5.41) is 22.4. The third-order valence-electron chi connectivity index (χ3n) is 5.62. The zero-order valence-corrected chi connectivity index (χ0v) is 22.2. The maximum atomic E-state index is 11.2. The van der Waals surface area contributed by atoms with Crippen LogP contribution in [-0.4, -0.2) is 47.2 Å². The number of phenolic OH excluding ortho intramolecular Hbond substituents is 2. The molecule has 2 rings (SSSR count). The second kappa shape index (κ2) is 10.2. The van der Waals surface area contributed by atoms with Crippen molar-refractivity contribution in [3.63, 3.8) is 0 Å². The summed E-state index contributed by atoms with van der Waals surface area (Å²) in [4.78, 5) is 4.32. The molecule has 0 aliphatic carbocycles. The monoisotopic (exact) mass is 480 g/mol. The van der Waals surface area contributed by atoms with Crippen LogP contribution in [0.15, 0.2) is 24.3 Å². The van der Waals surface area contributed by atoms with Crippen molar-refractivity contribution in [3.8, 4) is 11.5 Å². The van der Waals surface area contributed by atoms with Crippen LogP contribution in [0.4, 0.5) is 0 Å². The van der Waals surface area contributed by atoms with E-state index in [0.717, 1.165) is 24.2 Å². The van der Waals surface area contributed by atoms with Gasteiger partial charge in [-0.25, -0.2) is 0 Å². The van der Waals surface area contributed by atoms with Gasteiger partial charge < -0.3 is 15.1 Å². The molecule has 0 heterocycles. The third-order valence-corrected chi connectivity index (χ3v) is 6.13. The average molecular weight is 482 g/mol.